The van der Waals surface area contributed by atoms with Gasteiger partial charge in [-0.05, 0) is 67.7 Å². The second-order valence-corrected chi connectivity index (χ2v) is 10.4. The van der Waals surface area contributed by atoms with E-state index >= 15 is 0 Å². The van der Waals surface area contributed by atoms with Gasteiger partial charge in [-0.25, -0.2) is 0 Å². The monoisotopic (exact) mass is 510 g/mol. The topological polar surface area (TPSA) is 34.1 Å². The summed E-state index contributed by atoms with van der Waals surface area (Å²) in [5, 5.41) is 6.03. The minimum atomic E-state index is -0.110. The van der Waals surface area contributed by atoms with Crippen LogP contribution in [-0.4, -0.2) is 11.6 Å². The van der Waals surface area contributed by atoms with Gasteiger partial charge in [0, 0.05) is 33.4 Å². The minimum Gasteiger partial charge on any atom is -0.289 e. The van der Waals surface area contributed by atoms with Gasteiger partial charge in [0.15, 0.2) is 11.6 Å². The second-order valence-electron chi connectivity index (χ2n) is 10.4. The lowest BCUT2D eigenvalue weighted by Gasteiger charge is -2.26. The van der Waals surface area contributed by atoms with E-state index in [1.54, 1.807) is 0 Å². The van der Waals surface area contributed by atoms with Gasteiger partial charge in [0.2, 0.25) is 0 Å². The number of benzene rings is 7. The Morgan fingerprint density at radius 2 is 0.700 bits per heavy atom. The molecule has 0 saturated carbocycles. The van der Waals surface area contributed by atoms with Crippen LogP contribution in [0.4, 0.5) is 0 Å². The Morgan fingerprint density at radius 1 is 0.325 bits per heavy atom. The molecule has 0 unspecified atom stereocenters. The van der Waals surface area contributed by atoms with Crippen molar-refractivity contribution in [2.75, 3.05) is 0 Å². The normalized spacial score (nSPS) is 12.6. The second kappa shape index (κ2) is 8.59. The molecule has 0 fully saturated rings. The van der Waals surface area contributed by atoms with E-state index in [2.05, 4.69) is 36.4 Å². The molecule has 0 bridgehead atoms. The first-order valence-electron chi connectivity index (χ1n) is 13.4. The van der Waals surface area contributed by atoms with Crippen molar-refractivity contribution in [3.8, 4) is 22.3 Å². The molecule has 0 heterocycles. The third-order valence-electron chi connectivity index (χ3n) is 8.13. The van der Waals surface area contributed by atoms with Crippen molar-refractivity contribution >= 4 is 43.9 Å². The van der Waals surface area contributed by atoms with Crippen molar-refractivity contribution in [1.82, 2.24) is 0 Å². The Hall–Kier alpha value is -5.34. The molecular weight excluding hydrogens is 488 g/mol. The summed E-state index contributed by atoms with van der Waals surface area (Å²) in [5.41, 5.74) is 5.38. The largest absolute Gasteiger partial charge is 0.289 e. The van der Waals surface area contributed by atoms with E-state index in [0.717, 1.165) is 54.6 Å². The molecule has 2 heteroatoms. The maximum absolute atomic E-state index is 14.6. The molecule has 186 valence electrons. The standard InChI is InChI=1S/C38H22O2/c39-37-31-21-27-19-25-15-7-8-16-26(25)20-28(27)22-32(31)38(40)36-34(24-13-5-2-6-14-24)30-18-10-9-17-29(30)33(35(36)37)23-11-3-1-4-12-23/h1-22H. The smallest absolute Gasteiger partial charge is 0.195 e. The molecule has 0 aliphatic heterocycles. The van der Waals surface area contributed by atoms with Crippen LogP contribution in [0.25, 0.3) is 54.6 Å². The molecular formula is C38H22O2. The number of rotatable bonds is 2. The molecule has 8 rings (SSSR count). The Morgan fingerprint density at radius 3 is 1.12 bits per heavy atom. The number of carbonyl (C=O) groups is 2. The summed E-state index contributed by atoms with van der Waals surface area (Å²) in [7, 11) is 0. The summed E-state index contributed by atoms with van der Waals surface area (Å²) in [4.78, 5) is 29.3. The fourth-order valence-electron chi connectivity index (χ4n) is 6.34. The van der Waals surface area contributed by atoms with E-state index in [1.807, 2.05) is 97.1 Å². The van der Waals surface area contributed by atoms with Crippen LogP contribution in [0.2, 0.25) is 0 Å². The highest BCUT2D eigenvalue weighted by molar-refractivity contribution is 6.36. The van der Waals surface area contributed by atoms with Gasteiger partial charge in [0.05, 0.1) is 0 Å². The molecule has 0 aromatic heterocycles. The first-order chi connectivity index (χ1) is 19.7. The Kier molecular flexibility index (Phi) is 4.86. The molecule has 1 aliphatic rings. The number of hydrogen-bond donors (Lipinski definition) is 0. The molecule has 0 spiro atoms. The van der Waals surface area contributed by atoms with E-state index in [0.29, 0.717) is 22.3 Å². The van der Waals surface area contributed by atoms with Crippen molar-refractivity contribution < 1.29 is 9.59 Å². The van der Waals surface area contributed by atoms with Crippen LogP contribution in [0.5, 0.6) is 0 Å². The van der Waals surface area contributed by atoms with Crippen molar-refractivity contribution in [3.63, 3.8) is 0 Å². The van der Waals surface area contributed by atoms with Gasteiger partial charge in [-0.2, -0.15) is 0 Å². The van der Waals surface area contributed by atoms with Crippen LogP contribution < -0.4 is 0 Å². The van der Waals surface area contributed by atoms with E-state index in [1.165, 1.54) is 0 Å². The third kappa shape index (κ3) is 3.23. The van der Waals surface area contributed by atoms with Crippen LogP contribution in [-0.2, 0) is 0 Å². The molecule has 0 amide bonds. The summed E-state index contributed by atoms with van der Waals surface area (Å²) >= 11 is 0. The van der Waals surface area contributed by atoms with Crippen LogP contribution in [0.3, 0.4) is 0 Å². The molecule has 0 radical (unpaired) electrons. The highest BCUT2D eigenvalue weighted by Crippen LogP contribution is 2.46. The summed E-state index contributed by atoms with van der Waals surface area (Å²) < 4.78 is 0. The quantitative estimate of drug-likeness (QED) is 0.217. The van der Waals surface area contributed by atoms with E-state index < -0.39 is 0 Å². The van der Waals surface area contributed by atoms with Gasteiger partial charge in [-0.1, -0.05) is 109 Å². The van der Waals surface area contributed by atoms with Gasteiger partial charge in [-0.3, -0.25) is 9.59 Å². The Balaban J connectivity index is 1.52. The van der Waals surface area contributed by atoms with Gasteiger partial charge >= 0.3 is 0 Å². The SMILES string of the molecule is O=C1c2cc3cc4ccccc4cc3cc2C(=O)c2c1c(-c1ccccc1)c1ccccc1c2-c1ccccc1. The van der Waals surface area contributed by atoms with Crippen LogP contribution in [0.15, 0.2) is 133 Å². The van der Waals surface area contributed by atoms with Gasteiger partial charge in [0.1, 0.15) is 0 Å². The average Bonchev–Trinajstić information content (AvgIpc) is 3.01. The Bertz CT molecular complexity index is 2020. The first kappa shape index (κ1) is 22.6. The van der Waals surface area contributed by atoms with Crippen LogP contribution >= 0.6 is 0 Å². The van der Waals surface area contributed by atoms with E-state index in [-0.39, 0.29) is 11.6 Å². The lowest BCUT2D eigenvalue weighted by Crippen LogP contribution is -2.23. The molecule has 40 heavy (non-hydrogen) atoms. The summed E-state index contributed by atoms with van der Waals surface area (Å²) in [6.07, 6.45) is 0. The van der Waals surface area contributed by atoms with Gasteiger partial charge in [-0.15, -0.1) is 0 Å². The van der Waals surface area contributed by atoms with Crippen molar-refractivity contribution in [2.24, 2.45) is 0 Å². The van der Waals surface area contributed by atoms with Gasteiger partial charge in [0.25, 0.3) is 0 Å². The third-order valence-corrected chi connectivity index (χ3v) is 8.13. The zero-order valence-corrected chi connectivity index (χ0v) is 21.5. The fourth-order valence-corrected chi connectivity index (χ4v) is 6.34. The zero-order chi connectivity index (χ0) is 26.8. The van der Waals surface area contributed by atoms with Crippen LogP contribution in [0, 0.1) is 0 Å². The lowest BCUT2D eigenvalue weighted by atomic mass is 9.74. The predicted octanol–water partition coefficient (Wildman–Crippen LogP) is 9.26. The number of hydrogen-bond acceptors (Lipinski definition) is 2. The summed E-state index contributed by atoms with van der Waals surface area (Å²) in [6, 6.07) is 44.2. The highest BCUT2D eigenvalue weighted by atomic mass is 16.1. The fraction of sp³-hybridized carbons (Fsp3) is 0. The Labute approximate surface area is 231 Å². The molecule has 7 aromatic rings. The predicted molar refractivity (Wildman–Crippen MR) is 163 cm³/mol. The lowest BCUT2D eigenvalue weighted by molar-refractivity contribution is 0.0980. The van der Waals surface area contributed by atoms with E-state index in [4.69, 9.17) is 0 Å². The molecule has 0 atom stereocenters. The van der Waals surface area contributed by atoms with Crippen molar-refractivity contribution in [2.45, 2.75) is 0 Å². The van der Waals surface area contributed by atoms with Crippen molar-refractivity contribution in [1.29, 1.82) is 0 Å². The van der Waals surface area contributed by atoms with Crippen molar-refractivity contribution in [3.05, 3.63) is 156 Å². The average molecular weight is 511 g/mol. The minimum absolute atomic E-state index is 0.110. The van der Waals surface area contributed by atoms with Gasteiger partial charge < -0.3 is 0 Å². The molecule has 0 N–H and O–H groups in total. The van der Waals surface area contributed by atoms with E-state index in [9.17, 15) is 9.59 Å². The molecule has 0 saturated heterocycles. The summed E-state index contributed by atoms with van der Waals surface area (Å²) in [6.45, 7) is 0. The molecule has 7 aromatic carbocycles. The number of fused-ring (bicyclic) bond motifs is 5. The molecule has 1 aliphatic carbocycles. The summed E-state index contributed by atoms with van der Waals surface area (Å²) in [5.74, 6) is -0.220. The maximum atomic E-state index is 14.6. The molecule has 2 nitrogen and oxygen atoms in total. The number of ketones is 2. The maximum Gasteiger partial charge on any atom is 0.195 e. The van der Waals surface area contributed by atoms with Crippen LogP contribution in [0.1, 0.15) is 31.8 Å². The first-order valence-corrected chi connectivity index (χ1v) is 13.4. The zero-order valence-electron chi connectivity index (χ0n) is 21.5. The number of carbonyl (C=O) groups excluding carboxylic acids is 2. The highest BCUT2D eigenvalue weighted by Gasteiger charge is 2.36.